The van der Waals surface area contributed by atoms with Crippen molar-refractivity contribution in [3.8, 4) is 11.1 Å². The fourth-order valence-electron chi connectivity index (χ4n) is 1.65. The summed E-state index contributed by atoms with van der Waals surface area (Å²) < 4.78 is 13.8. The van der Waals surface area contributed by atoms with E-state index in [2.05, 4.69) is 10.3 Å². The summed E-state index contributed by atoms with van der Waals surface area (Å²) in [7, 11) is 1.51. The van der Waals surface area contributed by atoms with Gasteiger partial charge in [-0.15, -0.1) is 0 Å². The number of hydrogen-bond acceptors (Lipinski definition) is 2. The van der Waals surface area contributed by atoms with Gasteiger partial charge in [0.1, 0.15) is 5.82 Å². The molecule has 3 nitrogen and oxygen atoms in total. The Bertz CT molecular complexity index is 601. The average Bonchev–Trinajstić information content (AvgIpc) is 2.38. The molecule has 0 saturated heterocycles. The van der Waals surface area contributed by atoms with Crippen molar-refractivity contribution >= 4 is 17.5 Å². The summed E-state index contributed by atoms with van der Waals surface area (Å²) in [6, 6.07) is 5.93. The summed E-state index contributed by atoms with van der Waals surface area (Å²) in [4.78, 5) is 15.6. The highest BCUT2D eigenvalue weighted by atomic mass is 35.5. The van der Waals surface area contributed by atoms with E-state index in [-0.39, 0.29) is 5.91 Å². The first kappa shape index (κ1) is 12.5. The maximum Gasteiger partial charge on any atom is 0.253 e. The fourth-order valence-corrected chi connectivity index (χ4v) is 1.81. The standard InChI is InChI=1S/C13H10ClFN2O/c1-16-13(18)11-7-17-5-4-9(11)10-3-2-8(14)6-12(10)15/h2-7H,1H3,(H,16,18). The van der Waals surface area contributed by atoms with Gasteiger partial charge in [-0.2, -0.15) is 0 Å². The van der Waals surface area contributed by atoms with Crippen LogP contribution in [0.15, 0.2) is 36.7 Å². The fraction of sp³-hybridized carbons (Fsp3) is 0.0769. The maximum atomic E-state index is 13.8. The monoisotopic (exact) mass is 264 g/mol. The van der Waals surface area contributed by atoms with E-state index < -0.39 is 5.82 Å². The van der Waals surface area contributed by atoms with Gasteiger partial charge in [-0.1, -0.05) is 11.6 Å². The van der Waals surface area contributed by atoms with Crippen LogP contribution >= 0.6 is 11.6 Å². The largest absolute Gasteiger partial charge is 0.355 e. The first-order chi connectivity index (χ1) is 8.63. The van der Waals surface area contributed by atoms with Crippen LogP contribution in [0.3, 0.4) is 0 Å². The molecule has 5 heteroatoms. The number of pyridine rings is 1. The smallest absolute Gasteiger partial charge is 0.253 e. The number of aromatic nitrogens is 1. The normalized spacial score (nSPS) is 10.2. The minimum atomic E-state index is -0.473. The molecule has 1 aromatic carbocycles. The van der Waals surface area contributed by atoms with Crippen LogP contribution in [0.5, 0.6) is 0 Å². The van der Waals surface area contributed by atoms with Crippen molar-refractivity contribution in [2.75, 3.05) is 7.05 Å². The number of nitrogens with zero attached hydrogens (tertiary/aromatic N) is 1. The van der Waals surface area contributed by atoms with Crippen molar-refractivity contribution in [1.82, 2.24) is 10.3 Å². The molecule has 0 atom stereocenters. The number of hydrogen-bond donors (Lipinski definition) is 1. The van der Waals surface area contributed by atoms with E-state index in [1.807, 2.05) is 0 Å². The molecule has 0 aliphatic rings. The SMILES string of the molecule is CNC(=O)c1cnccc1-c1ccc(Cl)cc1F. The molecule has 1 N–H and O–H groups in total. The molecule has 92 valence electrons. The molecule has 1 heterocycles. The number of nitrogens with one attached hydrogen (secondary N) is 1. The van der Waals surface area contributed by atoms with Gasteiger partial charge < -0.3 is 5.32 Å². The third kappa shape index (κ3) is 2.33. The Balaban J connectivity index is 2.60. The lowest BCUT2D eigenvalue weighted by molar-refractivity contribution is 0.0963. The molecule has 2 rings (SSSR count). The van der Waals surface area contributed by atoms with E-state index in [1.165, 1.54) is 25.5 Å². The first-order valence-corrected chi connectivity index (χ1v) is 5.63. The van der Waals surface area contributed by atoms with Crippen LogP contribution in [0.2, 0.25) is 5.02 Å². The summed E-state index contributed by atoms with van der Waals surface area (Å²) >= 11 is 5.70. The van der Waals surface area contributed by atoms with E-state index in [0.717, 1.165) is 0 Å². The minimum absolute atomic E-state index is 0.312. The van der Waals surface area contributed by atoms with Crippen LogP contribution in [-0.2, 0) is 0 Å². The van der Waals surface area contributed by atoms with E-state index in [0.29, 0.717) is 21.7 Å². The molecule has 0 aliphatic carbocycles. The molecule has 0 aliphatic heterocycles. The number of carbonyl (C=O) groups is 1. The molecule has 0 radical (unpaired) electrons. The zero-order valence-electron chi connectivity index (χ0n) is 9.58. The third-order valence-corrected chi connectivity index (χ3v) is 2.75. The molecule has 1 amide bonds. The van der Waals surface area contributed by atoms with Crippen molar-refractivity contribution in [3.63, 3.8) is 0 Å². The van der Waals surface area contributed by atoms with Crippen molar-refractivity contribution in [2.45, 2.75) is 0 Å². The Labute approximate surface area is 109 Å². The third-order valence-electron chi connectivity index (χ3n) is 2.51. The average molecular weight is 265 g/mol. The zero-order valence-corrected chi connectivity index (χ0v) is 10.3. The second kappa shape index (κ2) is 5.14. The number of amides is 1. The highest BCUT2D eigenvalue weighted by molar-refractivity contribution is 6.30. The van der Waals surface area contributed by atoms with Crippen molar-refractivity contribution in [2.24, 2.45) is 0 Å². The highest BCUT2D eigenvalue weighted by Gasteiger charge is 2.14. The number of halogens is 2. The Morgan fingerprint density at radius 1 is 1.33 bits per heavy atom. The van der Waals surface area contributed by atoms with Crippen molar-refractivity contribution < 1.29 is 9.18 Å². The summed E-state index contributed by atoms with van der Waals surface area (Å²) in [6.45, 7) is 0. The molecular formula is C13H10ClFN2O. The van der Waals surface area contributed by atoms with Gasteiger partial charge in [0.25, 0.3) is 5.91 Å². The van der Waals surface area contributed by atoms with Gasteiger partial charge in [0.2, 0.25) is 0 Å². The predicted molar refractivity (Wildman–Crippen MR) is 68.0 cm³/mol. The zero-order chi connectivity index (χ0) is 13.1. The topological polar surface area (TPSA) is 42.0 Å². The number of benzene rings is 1. The van der Waals surface area contributed by atoms with Crippen molar-refractivity contribution in [1.29, 1.82) is 0 Å². The lowest BCUT2D eigenvalue weighted by Crippen LogP contribution is -2.19. The summed E-state index contributed by atoms with van der Waals surface area (Å²) in [6.07, 6.45) is 2.91. The van der Waals surface area contributed by atoms with Crippen LogP contribution in [-0.4, -0.2) is 17.9 Å². The summed E-state index contributed by atoms with van der Waals surface area (Å²) in [5.74, 6) is -0.786. The van der Waals surface area contributed by atoms with Crippen molar-refractivity contribution in [3.05, 3.63) is 53.1 Å². The molecule has 18 heavy (non-hydrogen) atoms. The molecule has 0 spiro atoms. The quantitative estimate of drug-likeness (QED) is 0.906. The highest BCUT2D eigenvalue weighted by Crippen LogP contribution is 2.27. The molecular weight excluding hydrogens is 255 g/mol. The number of rotatable bonds is 2. The van der Waals surface area contributed by atoms with Crippen LogP contribution in [0.1, 0.15) is 10.4 Å². The van der Waals surface area contributed by atoms with Gasteiger partial charge in [0, 0.05) is 35.6 Å². The minimum Gasteiger partial charge on any atom is -0.355 e. The van der Waals surface area contributed by atoms with E-state index in [1.54, 1.807) is 18.2 Å². The maximum absolute atomic E-state index is 13.8. The summed E-state index contributed by atoms with van der Waals surface area (Å²) in [5.41, 5.74) is 1.13. The summed E-state index contributed by atoms with van der Waals surface area (Å²) in [5, 5.41) is 2.81. The Kier molecular flexibility index (Phi) is 3.58. The second-order valence-electron chi connectivity index (χ2n) is 3.62. The van der Waals surface area contributed by atoms with E-state index >= 15 is 0 Å². The van der Waals surface area contributed by atoms with Gasteiger partial charge in [0.15, 0.2) is 0 Å². The first-order valence-electron chi connectivity index (χ1n) is 5.25. The van der Waals surface area contributed by atoms with Gasteiger partial charge in [-0.3, -0.25) is 9.78 Å². The lowest BCUT2D eigenvalue weighted by Gasteiger charge is -2.09. The molecule has 0 bridgehead atoms. The molecule has 0 unspecified atom stereocenters. The van der Waals surface area contributed by atoms with Gasteiger partial charge in [-0.25, -0.2) is 4.39 Å². The molecule has 0 saturated carbocycles. The Morgan fingerprint density at radius 3 is 2.78 bits per heavy atom. The van der Waals surface area contributed by atoms with E-state index in [9.17, 15) is 9.18 Å². The van der Waals surface area contributed by atoms with E-state index in [4.69, 9.17) is 11.6 Å². The Morgan fingerprint density at radius 2 is 2.11 bits per heavy atom. The van der Waals surface area contributed by atoms with Crippen LogP contribution < -0.4 is 5.32 Å². The molecule has 2 aromatic rings. The van der Waals surface area contributed by atoms with Gasteiger partial charge >= 0.3 is 0 Å². The lowest BCUT2D eigenvalue weighted by atomic mass is 10.0. The van der Waals surface area contributed by atoms with Gasteiger partial charge in [-0.05, 0) is 24.3 Å². The van der Waals surface area contributed by atoms with Crippen LogP contribution in [0.25, 0.3) is 11.1 Å². The van der Waals surface area contributed by atoms with Crippen LogP contribution in [0, 0.1) is 5.82 Å². The van der Waals surface area contributed by atoms with Crippen LogP contribution in [0.4, 0.5) is 4.39 Å². The Hall–Kier alpha value is -1.94. The molecule has 0 fully saturated rings. The van der Waals surface area contributed by atoms with Gasteiger partial charge in [0.05, 0.1) is 5.56 Å². The molecule has 1 aromatic heterocycles. The second-order valence-corrected chi connectivity index (χ2v) is 4.06. The number of carbonyl (C=O) groups excluding carboxylic acids is 1. The predicted octanol–water partition coefficient (Wildman–Crippen LogP) is 2.90.